The Kier molecular flexibility index (Phi) is 6.68. The van der Waals surface area contributed by atoms with Crippen LogP contribution in [0.2, 0.25) is 0 Å². The monoisotopic (exact) mass is 458 g/mol. The van der Waals surface area contributed by atoms with E-state index < -0.39 is 11.7 Å². The molecule has 0 aliphatic heterocycles. The van der Waals surface area contributed by atoms with E-state index in [-0.39, 0.29) is 23.2 Å². The van der Waals surface area contributed by atoms with Gasteiger partial charge in [0.2, 0.25) is 0 Å². The van der Waals surface area contributed by atoms with Crippen molar-refractivity contribution in [2.45, 2.75) is 52.3 Å². The summed E-state index contributed by atoms with van der Waals surface area (Å²) >= 11 is 0. The summed E-state index contributed by atoms with van der Waals surface area (Å²) in [4.78, 5) is 14.5. The first-order chi connectivity index (χ1) is 15.3. The van der Waals surface area contributed by atoms with Gasteiger partial charge >= 0.3 is 6.18 Å². The van der Waals surface area contributed by atoms with Crippen molar-refractivity contribution in [1.82, 2.24) is 5.32 Å². The molecule has 0 spiro atoms. The topological polar surface area (TPSA) is 80.0 Å². The minimum Gasteiger partial charge on any atom is -0.347 e. The number of hydrogen-bond donors (Lipinski definition) is 3. The van der Waals surface area contributed by atoms with E-state index in [2.05, 4.69) is 5.32 Å². The number of amidine groups is 1. The fourth-order valence-electron chi connectivity index (χ4n) is 3.73. The number of amides is 1. The highest BCUT2D eigenvalue weighted by molar-refractivity contribution is 6.11. The lowest BCUT2D eigenvalue weighted by molar-refractivity contribution is -0.137. The largest absolute Gasteiger partial charge is 0.416 e. The molecule has 8 heteroatoms. The molecule has 1 saturated carbocycles. The second kappa shape index (κ2) is 9.00. The molecule has 3 N–H and O–H groups in total. The molecule has 176 valence electrons. The SMILES string of the molecule is CC(C)C(=N)N(C=N)c1cc(C(=O)NC(C)(C)C2CC2)cc(-c2ccc(C(F)(F)F)cc2)c1. The van der Waals surface area contributed by atoms with Crippen molar-refractivity contribution >= 4 is 23.8 Å². The van der Waals surface area contributed by atoms with Crippen molar-refractivity contribution < 1.29 is 18.0 Å². The van der Waals surface area contributed by atoms with Crippen LogP contribution in [0.5, 0.6) is 0 Å². The highest BCUT2D eigenvalue weighted by Crippen LogP contribution is 2.39. The van der Waals surface area contributed by atoms with Crippen LogP contribution < -0.4 is 10.2 Å². The zero-order chi connectivity index (χ0) is 24.6. The van der Waals surface area contributed by atoms with Crippen molar-refractivity contribution in [3.63, 3.8) is 0 Å². The van der Waals surface area contributed by atoms with E-state index >= 15 is 0 Å². The average Bonchev–Trinajstić information content (AvgIpc) is 3.59. The van der Waals surface area contributed by atoms with Crippen LogP contribution in [-0.2, 0) is 6.18 Å². The van der Waals surface area contributed by atoms with Crippen LogP contribution in [0.3, 0.4) is 0 Å². The molecule has 1 amide bonds. The first-order valence-electron chi connectivity index (χ1n) is 10.9. The fourth-order valence-corrected chi connectivity index (χ4v) is 3.73. The molecule has 5 nitrogen and oxygen atoms in total. The predicted octanol–water partition coefficient (Wildman–Crippen LogP) is 6.34. The summed E-state index contributed by atoms with van der Waals surface area (Å²) in [5.74, 6) is 0.0979. The molecular formula is C25H29F3N4O. The number of halogens is 3. The fraction of sp³-hybridized carbons (Fsp3) is 0.400. The smallest absolute Gasteiger partial charge is 0.347 e. The van der Waals surface area contributed by atoms with Gasteiger partial charge in [-0.3, -0.25) is 20.5 Å². The minimum atomic E-state index is -4.44. The number of rotatable bonds is 7. The Morgan fingerprint density at radius 2 is 1.70 bits per heavy atom. The zero-order valence-electron chi connectivity index (χ0n) is 19.2. The molecule has 0 atom stereocenters. The van der Waals surface area contributed by atoms with Crippen LogP contribution in [-0.4, -0.2) is 23.6 Å². The van der Waals surface area contributed by atoms with Gasteiger partial charge in [-0.15, -0.1) is 0 Å². The number of benzene rings is 2. The van der Waals surface area contributed by atoms with E-state index in [1.165, 1.54) is 17.0 Å². The number of hydrogen-bond acceptors (Lipinski definition) is 3. The second-order valence-electron chi connectivity index (χ2n) is 9.33. The lowest BCUT2D eigenvalue weighted by Gasteiger charge is -2.27. The minimum absolute atomic E-state index is 0.166. The molecule has 0 heterocycles. The molecule has 2 aromatic carbocycles. The molecule has 1 aliphatic rings. The molecular weight excluding hydrogens is 429 g/mol. The molecule has 0 saturated heterocycles. The van der Waals surface area contributed by atoms with Gasteiger partial charge in [-0.1, -0.05) is 26.0 Å². The second-order valence-corrected chi connectivity index (χ2v) is 9.33. The third kappa shape index (κ3) is 5.61. The van der Waals surface area contributed by atoms with Gasteiger partial charge in [-0.25, -0.2) is 0 Å². The first-order valence-corrected chi connectivity index (χ1v) is 10.9. The van der Waals surface area contributed by atoms with Gasteiger partial charge in [0.1, 0.15) is 5.84 Å². The van der Waals surface area contributed by atoms with E-state index in [9.17, 15) is 18.0 Å². The van der Waals surface area contributed by atoms with Crippen LogP contribution in [0.1, 0.15) is 56.5 Å². The summed E-state index contributed by atoms with van der Waals surface area (Å²) in [5, 5.41) is 19.2. The molecule has 0 aromatic heterocycles. The van der Waals surface area contributed by atoms with Crippen LogP contribution in [0.25, 0.3) is 11.1 Å². The highest BCUT2D eigenvalue weighted by Gasteiger charge is 2.39. The van der Waals surface area contributed by atoms with Gasteiger partial charge in [0.25, 0.3) is 5.91 Å². The van der Waals surface area contributed by atoms with E-state index in [4.69, 9.17) is 10.8 Å². The third-order valence-electron chi connectivity index (χ3n) is 5.97. The lowest BCUT2D eigenvalue weighted by atomic mass is 9.96. The molecule has 0 unspecified atom stereocenters. The third-order valence-corrected chi connectivity index (χ3v) is 5.97. The molecule has 0 radical (unpaired) electrons. The standard InChI is InChI=1S/C25H29F3N4O/c1-15(2)22(30)32(14-29)21-12-17(16-5-7-20(8-6-16)25(26,27)28)11-18(13-21)23(33)31-24(3,4)19-9-10-19/h5-8,11-15,19,29-30H,9-10H2,1-4H3,(H,31,33). The predicted molar refractivity (Wildman–Crippen MR) is 125 cm³/mol. The van der Waals surface area contributed by atoms with Crippen LogP contribution in [0.15, 0.2) is 42.5 Å². The van der Waals surface area contributed by atoms with Crippen molar-refractivity contribution in [3.05, 3.63) is 53.6 Å². The van der Waals surface area contributed by atoms with E-state index in [0.717, 1.165) is 31.3 Å². The number of carbonyl (C=O) groups excluding carboxylic acids is 1. The van der Waals surface area contributed by atoms with Gasteiger partial charge in [-0.05, 0) is 74.1 Å². The van der Waals surface area contributed by atoms with Gasteiger partial charge in [0.15, 0.2) is 0 Å². The summed E-state index contributed by atoms with van der Waals surface area (Å²) < 4.78 is 39.0. The van der Waals surface area contributed by atoms with E-state index in [1.54, 1.807) is 18.2 Å². The molecule has 1 aliphatic carbocycles. The van der Waals surface area contributed by atoms with Crippen molar-refractivity contribution in [2.75, 3.05) is 4.90 Å². The van der Waals surface area contributed by atoms with Gasteiger partial charge < -0.3 is 5.32 Å². The molecule has 2 aromatic rings. The number of alkyl halides is 3. The van der Waals surface area contributed by atoms with Gasteiger partial charge in [0, 0.05) is 22.7 Å². The Hall–Kier alpha value is -3.16. The van der Waals surface area contributed by atoms with Crippen LogP contribution in [0, 0.1) is 22.7 Å². The Morgan fingerprint density at radius 3 is 2.18 bits per heavy atom. The first kappa shape index (κ1) is 24.5. The summed E-state index contributed by atoms with van der Waals surface area (Å²) in [7, 11) is 0. The average molecular weight is 459 g/mol. The number of anilines is 1. The van der Waals surface area contributed by atoms with Gasteiger partial charge in [0.05, 0.1) is 11.9 Å². The molecule has 0 bridgehead atoms. The summed E-state index contributed by atoms with van der Waals surface area (Å²) in [6.07, 6.45) is -1.33. The molecule has 3 rings (SSSR count). The maximum absolute atomic E-state index is 13.1. The number of carbonyl (C=O) groups is 1. The van der Waals surface area contributed by atoms with Gasteiger partial charge in [-0.2, -0.15) is 13.2 Å². The highest BCUT2D eigenvalue weighted by atomic mass is 19.4. The maximum atomic E-state index is 13.1. The zero-order valence-corrected chi connectivity index (χ0v) is 19.2. The summed E-state index contributed by atoms with van der Waals surface area (Å²) in [6, 6.07) is 9.64. The Labute approximate surface area is 192 Å². The lowest BCUT2D eigenvalue weighted by Crippen LogP contribution is -2.45. The normalized spacial score (nSPS) is 14.2. The molecule has 33 heavy (non-hydrogen) atoms. The van der Waals surface area contributed by atoms with Crippen molar-refractivity contribution in [2.24, 2.45) is 11.8 Å². The van der Waals surface area contributed by atoms with Crippen molar-refractivity contribution in [3.8, 4) is 11.1 Å². The summed E-state index contributed by atoms with van der Waals surface area (Å²) in [6.45, 7) is 7.59. The number of nitrogens with zero attached hydrogens (tertiary/aromatic N) is 1. The number of nitrogens with one attached hydrogen (secondary N) is 3. The van der Waals surface area contributed by atoms with Crippen LogP contribution >= 0.6 is 0 Å². The Balaban J connectivity index is 2.06. The maximum Gasteiger partial charge on any atom is 0.416 e. The van der Waals surface area contributed by atoms with E-state index in [0.29, 0.717) is 28.3 Å². The van der Waals surface area contributed by atoms with Crippen molar-refractivity contribution in [1.29, 1.82) is 10.8 Å². The quantitative estimate of drug-likeness (QED) is 0.334. The summed E-state index contributed by atoms with van der Waals surface area (Å²) in [5.41, 5.74) is 0.637. The van der Waals surface area contributed by atoms with Crippen LogP contribution in [0.4, 0.5) is 18.9 Å². The van der Waals surface area contributed by atoms with E-state index in [1.807, 2.05) is 27.7 Å². The Morgan fingerprint density at radius 1 is 1.09 bits per heavy atom. The molecule has 1 fully saturated rings. The Bertz CT molecular complexity index is 1050.